The van der Waals surface area contributed by atoms with E-state index < -0.39 is 13.5 Å². The van der Waals surface area contributed by atoms with Gasteiger partial charge in [-0.25, -0.2) is 8.78 Å². The zero-order valence-electron chi connectivity index (χ0n) is 5.37. The first-order valence-electron chi connectivity index (χ1n) is 2.84. The van der Waals surface area contributed by atoms with Gasteiger partial charge in [-0.3, -0.25) is 0 Å². The SMILES string of the molecule is OB(O)c1csc(C(F)F)c1. The van der Waals surface area contributed by atoms with Crippen molar-refractivity contribution in [1.82, 2.24) is 0 Å². The summed E-state index contributed by atoms with van der Waals surface area (Å²) in [5.41, 5.74) is 0.116. The van der Waals surface area contributed by atoms with Gasteiger partial charge in [-0.1, -0.05) is 0 Å². The number of alkyl halides is 2. The van der Waals surface area contributed by atoms with Crippen LogP contribution in [0.4, 0.5) is 8.78 Å². The topological polar surface area (TPSA) is 40.5 Å². The molecule has 0 aliphatic carbocycles. The van der Waals surface area contributed by atoms with Crippen molar-refractivity contribution in [3.63, 3.8) is 0 Å². The Morgan fingerprint density at radius 3 is 2.36 bits per heavy atom. The zero-order chi connectivity index (χ0) is 8.43. The lowest BCUT2D eigenvalue weighted by Crippen LogP contribution is -2.27. The van der Waals surface area contributed by atoms with E-state index in [1.807, 2.05) is 0 Å². The predicted octanol–water partition coefficient (Wildman–Crippen LogP) is 0.365. The summed E-state index contributed by atoms with van der Waals surface area (Å²) in [5, 5.41) is 18.4. The fourth-order valence-electron chi connectivity index (χ4n) is 0.618. The second-order valence-electron chi connectivity index (χ2n) is 1.96. The molecule has 0 aliphatic heterocycles. The molecule has 0 fully saturated rings. The Kier molecular flexibility index (Phi) is 2.59. The van der Waals surface area contributed by atoms with E-state index in [0.29, 0.717) is 0 Å². The molecule has 0 bridgehead atoms. The van der Waals surface area contributed by atoms with Crippen molar-refractivity contribution in [2.75, 3.05) is 0 Å². The van der Waals surface area contributed by atoms with Crippen molar-refractivity contribution in [3.05, 3.63) is 16.3 Å². The lowest BCUT2D eigenvalue weighted by atomic mass is 9.83. The van der Waals surface area contributed by atoms with Crippen molar-refractivity contribution < 1.29 is 18.8 Å². The maximum atomic E-state index is 11.9. The lowest BCUT2D eigenvalue weighted by molar-refractivity contribution is 0.155. The van der Waals surface area contributed by atoms with Crippen LogP contribution in [0.2, 0.25) is 0 Å². The van der Waals surface area contributed by atoms with Crippen LogP contribution < -0.4 is 5.46 Å². The molecule has 0 radical (unpaired) electrons. The Morgan fingerprint density at radius 2 is 2.09 bits per heavy atom. The lowest BCUT2D eigenvalue weighted by Gasteiger charge is -1.91. The highest BCUT2D eigenvalue weighted by Crippen LogP contribution is 2.22. The van der Waals surface area contributed by atoms with Crippen molar-refractivity contribution in [3.8, 4) is 0 Å². The maximum Gasteiger partial charge on any atom is 0.489 e. The van der Waals surface area contributed by atoms with Gasteiger partial charge in [-0.05, 0) is 16.9 Å². The molecule has 60 valence electrons. The van der Waals surface area contributed by atoms with Crippen molar-refractivity contribution in [1.29, 1.82) is 0 Å². The molecule has 0 saturated carbocycles. The number of halogens is 2. The van der Waals surface area contributed by atoms with Gasteiger partial charge < -0.3 is 10.0 Å². The Morgan fingerprint density at radius 1 is 1.45 bits per heavy atom. The molecule has 6 heteroatoms. The molecule has 2 N–H and O–H groups in total. The zero-order valence-corrected chi connectivity index (χ0v) is 6.18. The van der Waals surface area contributed by atoms with E-state index in [2.05, 4.69) is 0 Å². The quantitative estimate of drug-likeness (QED) is 0.642. The van der Waals surface area contributed by atoms with Gasteiger partial charge in [-0.2, -0.15) is 0 Å². The molecule has 1 aromatic heterocycles. The first-order valence-corrected chi connectivity index (χ1v) is 3.72. The smallest absolute Gasteiger partial charge is 0.423 e. The van der Waals surface area contributed by atoms with Gasteiger partial charge in [-0.15, -0.1) is 11.3 Å². The molecule has 1 heterocycles. The molecule has 0 saturated heterocycles. The highest BCUT2D eigenvalue weighted by Gasteiger charge is 2.16. The van der Waals surface area contributed by atoms with Crippen LogP contribution in [0, 0.1) is 0 Å². The predicted molar refractivity (Wildman–Crippen MR) is 39.1 cm³/mol. The monoisotopic (exact) mass is 178 g/mol. The largest absolute Gasteiger partial charge is 0.489 e. The Labute approximate surface area is 66.2 Å². The van der Waals surface area contributed by atoms with Gasteiger partial charge in [0.05, 0.1) is 4.88 Å². The van der Waals surface area contributed by atoms with E-state index in [1.54, 1.807) is 0 Å². The summed E-state index contributed by atoms with van der Waals surface area (Å²) < 4.78 is 23.8. The van der Waals surface area contributed by atoms with Crippen LogP contribution in [0.1, 0.15) is 11.3 Å². The minimum absolute atomic E-state index is 0.116. The average Bonchev–Trinajstić information content (AvgIpc) is 2.33. The van der Waals surface area contributed by atoms with Gasteiger partial charge in [0.25, 0.3) is 6.43 Å². The molecule has 1 rings (SSSR count). The molecular formula is C5H5BF2O2S. The Hall–Kier alpha value is -0.455. The summed E-state index contributed by atoms with van der Waals surface area (Å²) in [4.78, 5) is -0.145. The van der Waals surface area contributed by atoms with Crippen LogP contribution in [-0.4, -0.2) is 17.2 Å². The summed E-state index contributed by atoms with van der Waals surface area (Å²) >= 11 is 0.816. The standard InChI is InChI=1S/C5H5BF2O2S/c7-5(8)4-1-3(2-11-4)6(9)10/h1-2,5,9-10H. The molecule has 0 unspecified atom stereocenters. The molecule has 0 aromatic carbocycles. The number of hydrogen-bond donors (Lipinski definition) is 2. The van der Waals surface area contributed by atoms with Gasteiger partial charge >= 0.3 is 7.12 Å². The summed E-state index contributed by atoms with van der Waals surface area (Å²) in [6, 6.07) is 1.08. The highest BCUT2D eigenvalue weighted by molar-refractivity contribution is 7.11. The van der Waals surface area contributed by atoms with E-state index >= 15 is 0 Å². The minimum Gasteiger partial charge on any atom is -0.423 e. The molecule has 0 spiro atoms. The molecule has 0 atom stereocenters. The van der Waals surface area contributed by atoms with E-state index in [-0.39, 0.29) is 10.3 Å². The van der Waals surface area contributed by atoms with Crippen LogP contribution in [0.15, 0.2) is 11.4 Å². The van der Waals surface area contributed by atoms with E-state index in [4.69, 9.17) is 10.0 Å². The van der Waals surface area contributed by atoms with Crippen LogP contribution in [0.3, 0.4) is 0 Å². The van der Waals surface area contributed by atoms with Crippen molar-refractivity contribution in [2.24, 2.45) is 0 Å². The second kappa shape index (κ2) is 3.29. The van der Waals surface area contributed by atoms with E-state index in [1.165, 1.54) is 5.38 Å². The third kappa shape index (κ3) is 1.98. The molecule has 1 aromatic rings. The van der Waals surface area contributed by atoms with Gasteiger partial charge in [0.1, 0.15) is 0 Å². The number of thiophene rings is 1. The average molecular weight is 178 g/mol. The van der Waals surface area contributed by atoms with Crippen molar-refractivity contribution in [2.45, 2.75) is 6.43 Å². The Balaban J connectivity index is 2.82. The van der Waals surface area contributed by atoms with Crippen LogP contribution in [0.25, 0.3) is 0 Å². The fraction of sp³-hybridized carbons (Fsp3) is 0.200. The normalized spacial score (nSPS) is 10.6. The molecule has 2 nitrogen and oxygen atoms in total. The molecular weight excluding hydrogens is 173 g/mol. The molecule has 11 heavy (non-hydrogen) atoms. The van der Waals surface area contributed by atoms with Gasteiger partial charge in [0, 0.05) is 0 Å². The first kappa shape index (κ1) is 8.64. The highest BCUT2D eigenvalue weighted by atomic mass is 32.1. The Bertz CT molecular complexity index is 216. The molecule has 0 amide bonds. The van der Waals surface area contributed by atoms with Gasteiger partial charge in [0.2, 0.25) is 0 Å². The maximum absolute atomic E-state index is 11.9. The van der Waals surface area contributed by atoms with Crippen LogP contribution in [-0.2, 0) is 0 Å². The number of hydrogen-bond acceptors (Lipinski definition) is 3. The third-order valence-electron chi connectivity index (χ3n) is 1.15. The molecule has 0 aliphatic rings. The minimum atomic E-state index is -2.53. The fourth-order valence-corrected chi connectivity index (χ4v) is 1.39. The second-order valence-corrected chi connectivity index (χ2v) is 2.90. The van der Waals surface area contributed by atoms with E-state index in [9.17, 15) is 8.78 Å². The van der Waals surface area contributed by atoms with Crippen LogP contribution >= 0.6 is 11.3 Å². The summed E-state index contributed by atoms with van der Waals surface area (Å²) in [5.74, 6) is 0. The summed E-state index contributed by atoms with van der Waals surface area (Å²) in [6.45, 7) is 0. The summed E-state index contributed by atoms with van der Waals surface area (Å²) in [7, 11) is -1.65. The third-order valence-corrected chi connectivity index (χ3v) is 2.11. The van der Waals surface area contributed by atoms with Gasteiger partial charge in [0.15, 0.2) is 0 Å². The summed E-state index contributed by atoms with van der Waals surface area (Å²) in [6.07, 6.45) is -2.53. The number of rotatable bonds is 2. The van der Waals surface area contributed by atoms with Crippen LogP contribution in [0.5, 0.6) is 0 Å². The first-order chi connectivity index (χ1) is 5.11. The van der Waals surface area contributed by atoms with Crippen molar-refractivity contribution >= 4 is 23.9 Å². The van der Waals surface area contributed by atoms with E-state index in [0.717, 1.165) is 17.4 Å².